The summed E-state index contributed by atoms with van der Waals surface area (Å²) < 4.78 is 10.4. The minimum Gasteiger partial charge on any atom is -0.496 e. The topological polar surface area (TPSA) is 102 Å². The summed E-state index contributed by atoms with van der Waals surface area (Å²) in [6.45, 7) is -0.0573. The number of likely N-dealkylation sites (N-methyl/N-ethyl adjacent to an activating group) is 1. The molecule has 1 N–H and O–H groups in total. The first kappa shape index (κ1) is 20.1. The molecule has 0 aliphatic heterocycles. The van der Waals surface area contributed by atoms with Crippen LogP contribution in [0.1, 0.15) is 11.3 Å². The van der Waals surface area contributed by atoms with Crippen LogP contribution in [0.25, 0.3) is 10.8 Å². The molecule has 0 aliphatic carbocycles. The molecule has 0 saturated carbocycles. The molecule has 29 heavy (non-hydrogen) atoms. The van der Waals surface area contributed by atoms with Gasteiger partial charge in [0.15, 0.2) is 6.61 Å². The molecule has 1 aromatic heterocycles. The van der Waals surface area contributed by atoms with E-state index in [0.29, 0.717) is 28.8 Å². The number of para-hydroxylation sites is 1. The maximum atomic E-state index is 12.3. The van der Waals surface area contributed by atoms with Crippen molar-refractivity contribution in [1.29, 1.82) is 0 Å². The summed E-state index contributed by atoms with van der Waals surface area (Å²) in [6.07, 6.45) is -0.152. The van der Waals surface area contributed by atoms with Crippen molar-refractivity contribution in [3.63, 3.8) is 0 Å². The van der Waals surface area contributed by atoms with E-state index in [1.807, 2.05) is 24.3 Å². The second-order valence-corrected chi connectivity index (χ2v) is 6.44. The van der Waals surface area contributed by atoms with Gasteiger partial charge in [-0.1, -0.05) is 36.4 Å². The molecule has 0 fully saturated rings. The van der Waals surface area contributed by atoms with Crippen LogP contribution in [0.15, 0.2) is 53.3 Å². The van der Waals surface area contributed by atoms with E-state index in [-0.39, 0.29) is 24.5 Å². The summed E-state index contributed by atoms with van der Waals surface area (Å²) in [5, 5.41) is 7.32. The number of benzene rings is 2. The molecule has 0 bridgehead atoms. The van der Waals surface area contributed by atoms with Gasteiger partial charge in [-0.3, -0.25) is 14.4 Å². The Morgan fingerprint density at radius 1 is 1.07 bits per heavy atom. The van der Waals surface area contributed by atoms with Gasteiger partial charge in [-0.2, -0.15) is 5.10 Å². The summed E-state index contributed by atoms with van der Waals surface area (Å²) >= 11 is 0. The fraction of sp³-hybridized carbons (Fsp3) is 0.238. The van der Waals surface area contributed by atoms with Crippen LogP contribution < -0.4 is 10.3 Å². The van der Waals surface area contributed by atoms with E-state index in [4.69, 9.17) is 9.47 Å². The Morgan fingerprint density at radius 2 is 1.76 bits per heavy atom. The predicted octanol–water partition coefficient (Wildman–Crippen LogP) is 1.68. The van der Waals surface area contributed by atoms with E-state index in [2.05, 4.69) is 10.2 Å². The number of rotatable bonds is 7. The average molecular weight is 395 g/mol. The van der Waals surface area contributed by atoms with Gasteiger partial charge in [-0.05, 0) is 12.1 Å². The number of ether oxygens (including phenoxy) is 2. The Balaban J connectivity index is 1.59. The quantitative estimate of drug-likeness (QED) is 0.611. The summed E-state index contributed by atoms with van der Waals surface area (Å²) in [4.78, 5) is 37.8. The van der Waals surface area contributed by atoms with Gasteiger partial charge in [-0.25, -0.2) is 5.10 Å². The highest BCUT2D eigenvalue weighted by Gasteiger charge is 2.16. The molecular formula is C21H21N3O5. The number of carbonyl (C=O) groups is 2. The third kappa shape index (κ3) is 4.78. The highest BCUT2D eigenvalue weighted by Crippen LogP contribution is 2.18. The second-order valence-electron chi connectivity index (χ2n) is 6.44. The first-order valence-corrected chi connectivity index (χ1v) is 8.97. The minimum atomic E-state index is -0.603. The molecule has 0 radical (unpaired) electrons. The third-order valence-electron chi connectivity index (χ3n) is 4.47. The van der Waals surface area contributed by atoms with Crippen molar-refractivity contribution in [2.75, 3.05) is 20.8 Å². The number of hydrogen-bond acceptors (Lipinski definition) is 6. The number of H-pyrrole nitrogens is 1. The number of aromatic nitrogens is 2. The molecule has 3 aromatic rings. The van der Waals surface area contributed by atoms with E-state index in [1.165, 1.54) is 4.90 Å². The lowest BCUT2D eigenvalue weighted by Gasteiger charge is -2.18. The molecule has 1 heterocycles. The number of carbonyl (C=O) groups excluding carboxylic acids is 2. The lowest BCUT2D eigenvalue weighted by Crippen LogP contribution is -2.31. The van der Waals surface area contributed by atoms with Gasteiger partial charge in [0.1, 0.15) is 5.75 Å². The molecule has 8 nitrogen and oxygen atoms in total. The van der Waals surface area contributed by atoms with Gasteiger partial charge in [0, 0.05) is 24.5 Å². The molecule has 3 rings (SSSR count). The van der Waals surface area contributed by atoms with Crippen molar-refractivity contribution in [3.8, 4) is 5.75 Å². The lowest BCUT2D eigenvalue weighted by atomic mass is 10.1. The molecule has 0 unspecified atom stereocenters. The number of aromatic amines is 1. The average Bonchev–Trinajstić information content (AvgIpc) is 2.74. The molecule has 8 heteroatoms. The van der Waals surface area contributed by atoms with Crippen LogP contribution in [0.5, 0.6) is 5.75 Å². The fourth-order valence-corrected chi connectivity index (χ4v) is 2.92. The van der Waals surface area contributed by atoms with Crippen LogP contribution >= 0.6 is 0 Å². The Morgan fingerprint density at radius 3 is 2.52 bits per heavy atom. The summed E-state index contributed by atoms with van der Waals surface area (Å²) in [7, 11) is 3.19. The Labute approximate surface area is 167 Å². The first-order chi connectivity index (χ1) is 14.0. The summed E-state index contributed by atoms with van der Waals surface area (Å²) in [5.41, 5.74) is 0.909. The van der Waals surface area contributed by atoms with E-state index in [0.717, 1.165) is 5.56 Å². The third-order valence-corrected chi connectivity index (χ3v) is 4.47. The highest BCUT2D eigenvalue weighted by atomic mass is 16.5. The highest BCUT2D eigenvalue weighted by molar-refractivity contribution is 5.87. The Kier molecular flexibility index (Phi) is 6.23. The summed E-state index contributed by atoms with van der Waals surface area (Å²) in [5.74, 6) is -0.266. The van der Waals surface area contributed by atoms with Crippen molar-refractivity contribution in [2.45, 2.75) is 13.0 Å². The number of nitrogens with zero attached hydrogens (tertiary/aromatic N) is 2. The molecule has 1 amide bonds. The van der Waals surface area contributed by atoms with E-state index in [1.54, 1.807) is 38.4 Å². The predicted molar refractivity (Wildman–Crippen MR) is 106 cm³/mol. The van der Waals surface area contributed by atoms with Crippen LogP contribution in [0.2, 0.25) is 0 Å². The van der Waals surface area contributed by atoms with Crippen molar-refractivity contribution in [1.82, 2.24) is 15.1 Å². The number of methoxy groups -OCH3 is 1. The van der Waals surface area contributed by atoms with Crippen molar-refractivity contribution >= 4 is 22.6 Å². The zero-order valence-corrected chi connectivity index (χ0v) is 16.2. The number of esters is 1. The Bertz CT molecular complexity index is 1090. The van der Waals surface area contributed by atoms with Gasteiger partial charge in [0.2, 0.25) is 0 Å². The normalized spacial score (nSPS) is 10.6. The number of hydrogen-bond donors (Lipinski definition) is 1. The van der Waals surface area contributed by atoms with E-state index in [9.17, 15) is 14.4 Å². The summed E-state index contributed by atoms with van der Waals surface area (Å²) in [6, 6.07) is 14.2. The van der Waals surface area contributed by atoms with Gasteiger partial charge in [0.05, 0.1) is 24.6 Å². The molecule has 150 valence electrons. The number of amides is 1. The van der Waals surface area contributed by atoms with Crippen LogP contribution in [0.4, 0.5) is 0 Å². The largest absolute Gasteiger partial charge is 0.496 e. The van der Waals surface area contributed by atoms with Gasteiger partial charge >= 0.3 is 5.97 Å². The van der Waals surface area contributed by atoms with Crippen molar-refractivity contribution < 1.29 is 19.1 Å². The standard InChI is InChI=1S/C21H21N3O5/c1-24(12-14-7-3-6-10-18(14)28-2)19(25)13-29-20(26)11-17-15-8-4-5-9-16(15)21(27)23-22-17/h3-10H,11-13H2,1-2H3,(H,23,27). The van der Waals surface area contributed by atoms with Gasteiger partial charge in [-0.15, -0.1) is 0 Å². The van der Waals surface area contributed by atoms with Crippen LogP contribution in [0.3, 0.4) is 0 Å². The molecule has 2 aromatic carbocycles. The second kappa shape index (κ2) is 9.01. The first-order valence-electron chi connectivity index (χ1n) is 8.97. The fourth-order valence-electron chi connectivity index (χ4n) is 2.92. The zero-order chi connectivity index (χ0) is 20.8. The maximum absolute atomic E-state index is 12.3. The minimum absolute atomic E-state index is 0.152. The van der Waals surface area contributed by atoms with Crippen LogP contribution in [-0.4, -0.2) is 47.7 Å². The monoisotopic (exact) mass is 395 g/mol. The number of nitrogens with one attached hydrogen (secondary N) is 1. The van der Waals surface area contributed by atoms with Crippen LogP contribution in [0, 0.1) is 0 Å². The molecular weight excluding hydrogens is 374 g/mol. The molecule has 0 atom stereocenters. The zero-order valence-electron chi connectivity index (χ0n) is 16.2. The SMILES string of the molecule is COc1ccccc1CN(C)C(=O)COC(=O)Cc1n[nH]c(=O)c2ccccc12. The molecule has 0 saturated heterocycles. The van der Waals surface area contributed by atoms with Crippen molar-refractivity contribution in [3.05, 3.63) is 70.1 Å². The van der Waals surface area contributed by atoms with Crippen molar-refractivity contribution in [2.24, 2.45) is 0 Å². The van der Waals surface area contributed by atoms with E-state index < -0.39 is 5.97 Å². The van der Waals surface area contributed by atoms with E-state index >= 15 is 0 Å². The number of fused-ring (bicyclic) bond motifs is 1. The Hall–Kier alpha value is -3.68. The molecule has 0 spiro atoms. The maximum Gasteiger partial charge on any atom is 0.312 e. The van der Waals surface area contributed by atoms with Gasteiger partial charge in [0.25, 0.3) is 11.5 Å². The van der Waals surface area contributed by atoms with Crippen LogP contribution in [-0.2, 0) is 27.3 Å². The van der Waals surface area contributed by atoms with Gasteiger partial charge < -0.3 is 14.4 Å². The molecule has 0 aliphatic rings. The smallest absolute Gasteiger partial charge is 0.312 e. The lowest BCUT2D eigenvalue weighted by molar-refractivity contribution is -0.151.